The normalized spacial score (nSPS) is 11.2. The molecule has 0 aliphatic rings. The van der Waals surface area contributed by atoms with Crippen LogP contribution in [-0.2, 0) is 4.79 Å². The molecule has 1 aromatic carbocycles. The van der Waals surface area contributed by atoms with Crippen molar-refractivity contribution in [1.82, 2.24) is 15.7 Å². The summed E-state index contributed by atoms with van der Waals surface area (Å²) in [4.78, 5) is 27.4. The van der Waals surface area contributed by atoms with Gasteiger partial charge in [0.25, 0.3) is 11.8 Å². The second kappa shape index (κ2) is 8.75. The minimum Gasteiger partial charge on any atom is -0.484 e. The standard InChI is InChI=1S/C19H22N4O3/c1-19(2,3)22-17(24)13-26-16-6-4-14(5-7-16)12-21-23-18(25)15-8-10-20-11-9-15/h4-12H,13H2,1-3H3,(H,22,24)(H,23,25)/b21-12-. The summed E-state index contributed by atoms with van der Waals surface area (Å²) in [7, 11) is 0. The van der Waals surface area contributed by atoms with Crippen molar-refractivity contribution in [2.24, 2.45) is 5.10 Å². The molecule has 0 spiro atoms. The highest BCUT2D eigenvalue weighted by Gasteiger charge is 2.13. The van der Waals surface area contributed by atoms with Crippen molar-refractivity contribution in [1.29, 1.82) is 0 Å². The Morgan fingerprint density at radius 3 is 2.38 bits per heavy atom. The van der Waals surface area contributed by atoms with Crippen molar-refractivity contribution < 1.29 is 14.3 Å². The topological polar surface area (TPSA) is 92.7 Å². The Balaban J connectivity index is 1.81. The van der Waals surface area contributed by atoms with Crippen LogP contribution in [0.2, 0.25) is 0 Å². The summed E-state index contributed by atoms with van der Waals surface area (Å²) >= 11 is 0. The number of rotatable bonds is 6. The summed E-state index contributed by atoms with van der Waals surface area (Å²) < 4.78 is 5.44. The molecule has 0 atom stereocenters. The fourth-order valence-corrected chi connectivity index (χ4v) is 1.99. The van der Waals surface area contributed by atoms with Crippen LogP contribution < -0.4 is 15.5 Å². The van der Waals surface area contributed by atoms with Gasteiger partial charge >= 0.3 is 0 Å². The molecule has 2 amide bonds. The van der Waals surface area contributed by atoms with Crippen molar-refractivity contribution in [3.8, 4) is 5.75 Å². The van der Waals surface area contributed by atoms with E-state index in [0.717, 1.165) is 5.56 Å². The fraction of sp³-hybridized carbons (Fsp3) is 0.263. The number of pyridine rings is 1. The third-order valence-corrected chi connectivity index (χ3v) is 3.09. The molecular weight excluding hydrogens is 332 g/mol. The number of amides is 2. The number of carbonyl (C=O) groups is 2. The third-order valence-electron chi connectivity index (χ3n) is 3.09. The van der Waals surface area contributed by atoms with Crippen molar-refractivity contribution in [3.63, 3.8) is 0 Å². The molecule has 26 heavy (non-hydrogen) atoms. The molecule has 136 valence electrons. The number of hydrazone groups is 1. The fourth-order valence-electron chi connectivity index (χ4n) is 1.99. The molecule has 0 aliphatic heterocycles. The Morgan fingerprint density at radius 1 is 1.12 bits per heavy atom. The van der Waals surface area contributed by atoms with E-state index in [9.17, 15) is 9.59 Å². The predicted octanol–water partition coefficient (Wildman–Crippen LogP) is 2.14. The highest BCUT2D eigenvalue weighted by molar-refractivity contribution is 5.94. The van der Waals surface area contributed by atoms with Gasteiger partial charge in [-0.3, -0.25) is 14.6 Å². The SMILES string of the molecule is CC(C)(C)NC(=O)COc1ccc(/C=N\NC(=O)c2ccncc2)cc1. The predicted molar refractivity (Wildman–Crippen MR) is 99.1 cm³/mol. The van der Waals surface area contributed by atoms with E-state index in [4.69, 9.17) is 4.74 Å². The lowest BCUT2D eigenvalue weighted by molar-refractivity contribution is -0.124. The zero-order valence-corrected chi connectivity index (χ0v) is 15.0. The second-order valence-electron chi connectivity index (χ2n) is 6.59. The number of nitrogens with one attached hydrogen (secondary N) is 2. The first-order chi connectivity index (χ1) is 12.3. The molecule has 0 saturated heterocycles. The molecule has 0 radical (unpaired) electrons. The van der Waals surface area contributed by atoms with Crippen molar-refractivity contribution in [3.05, 3.63) is 59.9 Å². The molecule has 7 heteroatoms. The Morgan fingerprint density at radius 2 is 1.77 bits per heavy atom. The quantitative estimate of drug-likeness (QED) is 0.614. The van der Waals surface area contributed by atoms with Crippen molar-refractivity contribution in [2.45, 2.75) is 26.3 Å². The Labute approximate surface area is 152 Å². The van der Waals surface area contributed by atoms with E-state index in [1.807, 2.05) is 20.8 Å². The highest BCUT2D eigenvalue weighted by Crippen LogP contribution is 2.11. The molecule has 1 aromatic heterocycles. The summed E-state index contributed by atoms with van der Waals surface area (Å²) in [5.41, 5.74) is 3.42. The van der Waals surface area contributed by atoms with Gasteiger partial charge in [0.15, 0.2) is 6.61 Å². The van der Waals surface area contributed by atoms with Crippen molar-refractivity contribution in [2.75, 3.05) is 6.61 Å². The van der Waals surface area contributed by atoms with Crippen LogP contribution >= 0.6 is 0 Å². The third kappa shape index (κ3) is 6.72. The number of benzene rings is 1. The lowest BCUT2D eigenvalue weighted by atomic mass is 10.1. The maximum absolute atomic E-state index is 11.8. The Hall–Kier alpha value is -3.22. The zero-order chi connectivity index (χ0) is 19.0. The van der Waals surface area contributed by atoms with Gasteiger partial charge in [-0.2, -0.15) is 5.10 Å². The molecule has 0 fully saturated rings. The van der Waals surface area contributed by atoms with Gasteiger partial charge in [0.2, 0.25) is 0 Å². The van der Waals surface area contributed by atoms with Gasteiger partial charge in [-0.25, -0.2) is 5.43 Å². The molecule has 0 aliphatic carbocycles. The van der Waals surface area contributed by atoms with Gasteiger partial charge in [-0.1, -0.05) is 0 Å². The van der Waals surface area contributed by atoms with E-state index in [1.54, 1.807) is 48.8 Å². The molecule has 2 N–H and O–H groups in total. The number of aromatic nitrogens is 1. The summed E-state index contributed by atoms with van der Waals surface area (Å²) in [6, 6.07) is 10.2. The number of ether oxygens (including phenoxy) is 1. The van der Waals surface area contributed by atoms with Crippen LogP contribution in [0.15, 0.2) is 53.9 Å². The van der Waals surface area contributed by atoms with E-state index in [-0.39, 0.29) is 24.0 Å². The number of hydrogen-bond acceptors (Lipinski definition) is 5. The first-order valence-corrected chi connectivity index (χ1v) is 8.11. The lowest BCUT2D eigenvalue weighted by Gasteiger charge is -2.20. The van der Waals surface area contributed by atoms with E-state index in [1.165, 1.54) is 6.21 Å². The number of carbonyl (C=O) groups excluding carboxylic acids is 2. The van der Waals surface area contributed by atoms with Gasteiger partial charge in [-0.05, 0) is 62.7 Å². The van der Waals surface area contributed by atoms with Crippen LogP contribution in [0.3, 0.4) is 0 Å². The molecular formula is C19H22N4O3. The van der Waals surface area contributed by atoms with Crippen LogP contribution in [0, 0.1) is 0 Å². The van der Waals surface area contributed by atoms with Crippen LogP contribution in [-0.4, -0.2) is 35.2 Å². The molecule has 0 saturated carbocycles. The van der Waals surface area contributed by atoms with Gasteiger partial charge < -0.3 is 10.1 Å². The van der Waals surface area contributed by atoms with Crippen LogP contribution in [0.5, 0.6) is 5.75 Å². The average molecular weight is 354 g/mol. The van der Waals surface area contributed by atoms with Gasteiger partial charge in [0.05, 0.1) is 6.21 Å². The van der Waals surface area contributed by atoms with Crippen LogP contribution in [0.25, 0.3) is 0 Å². The molecule has 0 bridgehead atoms. The summed E-state index contributed by atoms with van der Waals surface area (Å²) in [5, 5.41) is 6.74. The van der Waals surface area contributed by atoms with Crippen molar-refractivity contribution >= 4 is 18.0 Å². The molecule has 2 aromatic rings. The van der Waals surface area contributed by atoms with Crippen LogP contribution in [0.1, 0.15) is 36.7 Å². The molecule has 7 nitrogen and oxygen atoms in total. The Bertz CT molecular complexity index is 766. The molecule has 0 unspecified atom stereocenters. The lowest BCUT2D eigenvalue weighted by Crippen LogP contribution is -2.43. The van der Waals surface area contributed by atoms with Gasteiger partial charge in [-0.15, -0.1) is 0 Å². The maximum Gasteiger partial charge on any atom is 0.271 e. The zero-order valence-electron chi connectivity index (χ0n) is 15.0. The summed E-state index contributed by atoms with van der Waals surface area (Å²) in [6.07, 6.45) is 4.60. The first-order valence-electron chi connectivity index (χ1n) is 8.11. The second-order valence-corrected chi connectivity index (χ2v) is 6.59. The largest absolute Gasteiger partial charge is 0.484 e. The van der Waals surface area contributed by atoms with Crippen LogP contribution in [0.4, 0.5) is 0 Å². The van der Waals surface area contributed by atoms with E-state index in [0.29, 0.717) is 11.3 Å². The van der Waals surface area contributed by atoms with Gasteiger partial charge in [0.1, 0.15) is 5.75 Å². The highest BCUT2D eigenvalue weighted by atomic mass is 16.5. The summed E-state index contributed by atoms with van der Waals surface area (Å²) in [6.45, 7) is 5.68. The number of hydrogen-bond donors (Lipinski definition) is 2. The smallest absolute Gasteiger partial charge is 0.271 e. The minimum absolute atomic E-state index is 0.0489. The van der Waals surface area contributed by atoms with E-state index in [2.05, 4.69) is 20.8 Å². The summed E-state index contributed by atoms with van der Waals surface area (Å²) in [5.74, 6) is 0.0856. The number of nitrogens with zero attached hydrogens (tertiary/aromatic N) is 2. The van der Waals surface area contributed by atoms with E-state index >= 15 is 0 Å². The molecule has 2 rings (SSSR count). The minimum atomic E-state index is -0.312. The average Bonchev–Trinajstić information content (AvgIpc) is 2.60. The first kappa shape index (κ1) is 19.1. The monoisotopic (exact) mass is 354 g/mol. The maximum atomic E-state index is 11.8. The molecule has 1 heterocycles. The van der Waals surface area contributed by atoms with Gasteiger partial charge in [0, 0.05) is 23.5 Å². The van der Waals surface area contributed by atoms with E-state index < -0.39 is 0 Å². The Kier molecular flexibility index (Phi) is 6.43.